The minimum atomic E-state index is -4.69. The van der Waals surface area contributed by atoms with E-state index in [9.17, 15) is 22.4 Å². The number of anilines is 1. The highest BCUT2D eigenvalue weighted by Crippen LogP contribution is 2.32. The van der Waals surface area contributed by atoms with E-state index < -0.39 is 29.6 Å². The van der Waals surface area contributed by atoms with Crippen LogP contribution < -0.4 is 4.90 Å². The molecule has 138 valence electrons. The smallest absolute Gasteiger partial charge is 0.433 e. The minimum absolute atomic E-state index is 0.000210. The Morgan fingerprint density at radius 3 is 2.50 bits per heavy atom. The number of rotatable bonds is 3. The van der Waals surface area contributed by atoms with Gasteiger partial charge in [-0.05, 0) is 43.2 Å². The van der Waals surface area contributed by atoms with Crippen LogP contribution in [0.4, 0.5) is 23.5 Å². The largest absolute Gasteiger partial charge is 0.481 e. The van der Waals surface area contributed by atoms with Crippen molar-refractivity contribution in [3.8, 4) is 11.3 Å². The second-order valence-electron chi connectivity index (χ2n) is 6.07. The molecule has 26 heavy (non-hydrogen) atoms. The first-order valence-corrected chi connectivity index (χ1v) is 7.94. The van der Waals surface area contributed by atoms with Crippen molar-refractivity contribution in [2.45, 2.75) is 19.0 Å². The van der Waals surface area contributed by atoms with Crippen LogP contribution >= 0.6 is 0 Å². The van der Waals surface area contributed by atoms with Gasteiger partial charge >= 0.3 is 12.1 Å². The van der Waals surface area contributed by atoms with Crippen LogP contribution in [0.5, 0.6) is 0 Å². The average molecular weight is 369 g/mol. The number of carboxylic acids is 1. The fraction of sp³-hybridized carbons (Fsp3) is 0.353. The molecule has 1 N–H and O–H groups in total. The van der Waals surface area contributed by atoms with Crippen molar-refractivity contribution in [1.29, 1.82) is 0 Å². The molecule has 0 saturated carbocycles. The number of carbonyl (C=O) groups is 1. The summed E-state index contributed by atoms with van der Waals surface area (Å²) in [5.74, 6) is -2.37. The summed E-state index contributed by atoms with van der Waals surface area (Å²) in [6.07, 6.45) is -3.72. The maximum atomic E-state index is 13.2. The zero-order chi connectivity index (χ0) is 18.9. The topological polar surface area (TPSA) is 66.3 Å². The van der Waals surface area contributed by atoms with E-state index >= 15 is 0 Å². The van der Waals surface area contributed by atoms with Crippen LogP contribution in [0.1, 0.15) is 18.5 Å². The molecule has 3 rings (SSSR count). The van der Waals surface area contributed by atoms with Crippen LogP contribution in [0, 0.1) is 11.7 Å². The lowest BCUT2D eigenvalue weighted by atomic mass is 9.99. The van der Waals surface area contributed by atoms with Crippen LogP contribution in [-0.4, -0.2) is 34.1 Å². The molecular formula is C17H15F4N3O2. The van der Waals surface area contributed by atoms with Gasteiger partial charge in [0.25, 0.3) is 0 Å². The summed E-state index contributed by atoms with van der Waals surface area (Å²) in [6, 6.07) is 5.72. The van der Waals surface area contributed by atoms with Crippen LogP contribution in [-0.2, 0) is 11.0 Å². The van der Waals surface area contributed by atoms with Crippen molar-refractivity contribution < 1.29 is 27.5 Å². The molecule has 1 aromatic carbocycles. The number of benzene rings is 1. The van der Waals surface area contributed by atoms with Crippen LogP contribution in [0.2, 0.25) is 0 Å². The van der Waals surface area contributed by atoms with Gasteiger partial charge in [0.1, 0.15) is 5.82 Å². The lowest BCUT2D eigenvalue weighted by molar-refractivity contribution is -0.142. The van der Waals surface area contributed by atoms with E-state index in [1.165, 1.54) is 17.0 Å². The Labute approximate surface area is 146 Å². The normalized spacial score (nSPS) is 18.0. The number of nitrogens with zero attached hydrogens (tertiary/aromatic N) is 3. The second-order valence-corrected chi connectivity index (χ2v) is 6.07. The van der Waals surface area contributed by atoms with E-state index in [0.29, 0.717) is 24.9 Å². The van der Waals surface area contributed by atoms with Crippen LogP contribution in [0.15, 0.2) is 30.3 Å². The van der Waals surface area contributed by atoms with E-state index in [4.69, 9.17) is 5.11 Å². The number of aliphatic carboxylic acids is 1. The molecule has 1 unspecified atom stereocenters. The van der Waals surface area contributed by atoms with Gasteiger partial charge in [-0.1, -0.05) is 0 Å². The quantitative estimate of drug-likeness (QED) is 0.838. The van der Waals surface area contributed by atoms with Crippen molar-refractivity contribution in [2.24, 2.45) is 5.92 Å². The molecule has 0 amide bonds. The molecule has 1 aliphatic heterocycles. The lowest BCUT2D eigenvalue weighted by Crippen LogP contribution is -2.39. The first-order valence-electron chi connectivity index (χ1n) is 7.94. The average Bonchev–Trinajstić information content (AvgIpc) is 2.61. The van der Waals surface area contributed by atoms with Crippen molar-refractivity contribution in [3.05, 3.63) is 41.8 Å². The third kappa shape index (κ3) is 3.92. The van der Waals surface area contributed by atoms with Crippen LogP contribution in [0.3, 0.4) is 0 Å². The molecular weight excluding hydrogens is 354 g/mol. The maximum Gasteiger partial charge on any atom is 0.433 e. The summed E-state index contributed by atoms with van der Waals surface area (Å²) in [6.45, 7) is 0.410. The third-order valence-corrected chi connectivity index (χ3v) is 4.20. The predicted molar refractivity (Wildman–Crippen MR) is 85.0 cm³/mol. The van der Waals surface area contributed by atoms with E-state index in [-0.39, 0.29) is 18.2 Å². The van der Waals surface area contributed by atoms with Crippen molar-refractivity contribution >= 4 is 11.9 Å². The number of hydrogen-bond acceptors (Lipinski definition) is 4. The van der Waals surface area contributed by atoms with Gasteiger partial charge in [0, 0.05) is 18.7 Å². The number of halogens is 4. The monoisotopic (exact) mass is 369 g/mol. The maximum absolute atomic E-state index is 13.2. The Morgan fingerprint density at radius 2 is 1.88 bits per heavy atom. The summed E-state index contributed by atoms with van der Waals surface area (Å²) in [5.41, 5.74) is -0.814. The molecule has 1 fully saturated rings. The molecule has 0 bridgehead atoms. The SMILES string of the molecule is O=C(O)C1CCCN(c2nc(-c3ccc(F)cc3)cc(C(F)(F)F)n2)C1. The zero-order valence-electron chi connectivity index (χ0n) is 13.5. The molecule has 5 nitrogen and oxygen atoms in total. The summed E-state index contributed by atoms with van der Waals surface area (Å²) in [7, 11) is 0. The lowest BCUT2D eigenvalue weighted by Gasteiger charge is -2.31. The molecule has 2 aromatic rings. The highest BCUT2D eigenvalue weighted by Gasteiger charge is 2.35. The van der Waals surface area contributed by atoms with Crippen molar-refractivity contribution in [2.75, 3.05) is 18.0 Å². The predicted octanol–water partition coefficient (Wildman–Crippen LogP) is 3.60. The molecule has 0 aliphatic carbocycles. The van der Waals surface area contributed by atoms with Gasteiger partial charge in [-0.3, -0.25) is 4.79 Å². The van der Waals surface area contributed by atoms with Gasteiger partial charge < -0.3 is 10.0 Å². The second kappa shape index (κ2) is 6.89. The van der Waals surface area contributed by atoms with Gasteiger partial charge in [0.05, 0.1) is 11.6 Å². The van der Waals surface area contributed by atoms with Gasteiger partial charge in [0.2, 0.25) is 5.95 Å². The summed E-state index contributed by atoms with van der Waals surface area (Å²) < 4.78 is 52.8. The van der Waals surface area contributed by atoms with E-state index in [1.807, 2.05) is 0 Å². The highest BCUT2D eigenvalue weighted by molar-refractivity contribution is 5.71. The standard InChI is InChI=1S/C17H15F4N3O2/c18-12-5-3-10(4-6-12)13-8-14(17(19,20)21)23-16(22-13)24-7-1-2-11(9-24)15(25)26/h3-6,8,11H,1-2,7,9H2,(H,25,26). The zero-order valence-corrected chi connectivity index (χ0v) is 13.5. The summed E-state index contributed by atoms with van der Waals surface area (Å²) >= 11 is 0. The Hall–Kier alpha value is -2.71. The number of hydrogen-bond donors (Lipinski definition) is 1. The third-order valence-electron chi connectivity index (χ3n) is 4.20. The number of piperidine rings is 1. The molecule has 0 radical (unpaired) electrons. The molecule has 2 heterocycles. The first-order chi connectivity index (χ1) is 12.2. The van der Waals surface area contributed by atoms with Gasteiger partial charge in [0.15, 0.2) is 5.69 Å². The molecule has 1 saturated heterocycles. The summed E-state index contributed by atoms with van der Waals surface area (Å²) in [5, 5.41) is 9.16. The van der Waals surface area contributed by atoms with E-state index in [1.54, 1.807) is 0 Å². The minimum Gasteiger partial charge on any atom is -0.481 e. The summed E-state index contributed by atoms with van der Waals surface area (Å²) in [4.78, 5) is 20.4. The molecule has 0 spiro atoms. The Morgan fingerprint density at radius 1 is 1.19 bits per heavy atom. The Kier molecular flexibility index (Phi) is 4.80. The fourth-order valence-electron chi connectivity index (χ4n) is 2.85. The Balaban J connectivity index is 2.03. The van der Waals surface area contributed by atoms with Crippen molar-refractivity contribution in [3.63, 3.8) is 0 Å². The highest BCUT2D eigenvalue weighted by atomic mass is 19.4. The molecule has 1 atom stereocenters. The first kappa shape index (κ1) is 18.1. The van der Waals surface area contributed by atoms with Crippen molar-refractivity contribution in [1.82, 2.24) is 9.97 Å². The Bertz CT molecular complexity index is 809. The van der Waals surface area contributed by atoms with Gasteiger partial charge in [-0.25, -0.2) is 14.4 Å². The molecule has 1 aromatic heterocycles. The van der Waals surface area contributed by atoms with E-state index in [0.717, 1.165) is 18.2 Å². The number of carboxylic acid groups (broad SMARTS) is 1. The molecule has 1 aliphatic rings. The van der Waals surface area contributed by atoms with Gasteiger partial charge in [-0.2, -0.15) is 13.2 Å². The number of alkyl halides is 3. The fourth-order valence-corrected chi connectivity index (χ4v) is 2.85. The van der Waals surface area contributed by atoms with Crippen LogP contribution in [0.25, 0.3) is 11.3 Å². The number of aromatic nitrogens is 2. The van der Waals surface area contributed by atoms with E-state index in [2.05, 4.69) is 9.97 Å². The van der Waals surface area contributed by atoms with Gasteiger partial charge in [-0.15, -0.1) is 0 Å². The molecule has 9 heteroatoms.